The second-order valence-electron chi connectivity index (χ2n) is 5.52. The van der Waals surface area contributed by atoms with Crippen molar-refractivity contribution >= 4 is 11.6 Å². The molecule has 0 aliphatic heterocycles. The highest BCUT2D eigenvalue weighted by atomic mass is 16.3. The maximum Gasteiger partial charge on any atom is 0.271 e. The van der Waals surface area contributed by atoms with Crippen LogP contribution in [0.4, 0.5) is 5.69 Å². The van der Waals surface area contributed by atoms with Crippen LogP contribution in [0.1, 0.15) is 41.9 Å². The standard InChI is InChI=1S/C13H22N4O2/c1-9-10(14)11(17(2)16-9)12(19)15-7-13(8-18)5-3-4-6-13/h18H,3-8,14H2,1-2H3,(H,15,19). The van der Waals surface area contributed by atoms with Crippen molar-refractivity contribution in [1.82, 2.24) is 15.1 Å². The van der Waals surface area contributed by atoms with E-state index < -0.39 is 0 Å². The minimum Gasteiger partial charge on any atom is -0.396 e. The number of nitrogens with two attached hydrogens (primary N) is 1. The molecule has 1 aliphatic carbocycles. The summed E-state index contributed by atoms with van der Waals surface area (Å²) >= 11 is 0. The number of aliphatic hydroxyl groups is 1. The van der Waals surface area contributed by atoms with Gasteiger partial charge in [-0.25, -0.2) is 0 Å². The Morgan fingerprint density at radius 2 is 2.16 bits per heavy atom. The largest absolute Gasteiger partial charge is 0.396 e. The van der Waals surface area contributed by atoms with Crippen LogP contribution in [0.25, 0.3) is 0 Å². The van der Waals surface area contributed by atoms with Crippen LogP contribution in [0.3, 0.4) is 0 Å². The maximum atomic E-state index is 12.2. The number of carbonyl (C=O) groups excluding carboxylic acids is 1. The molecule has 0 saturated heterocycles. The Hall–Kier alpha value is -1.56. The van der Waals surface area contributed by atoms with Crippen molar-refractivity contribution in [2.45, 2.75) is 32.6 Å². The third kappa shape index (κ3) is 2.58. The Labute approximate surface area is 113 Å². The van der Waals surface area contributed by atoms with Gasteiger partial charge in [-0.15, -0.1) is 0 Å². The third-order valence-corrected chi connectivity index (χ3v) is 4.11. The van der Waals surface area contributed by atoms with Gasteiger partial charge >= 0.3 is 0 Å². The van der Waals surface area contributed by atoms with Crippen LogP contribution >= 0.6 is 0 Å². The molecule has 1 aliphatic rings. The fourth-order valence-corrected chi connectivity index (χ4v) is 2.81. The number of rotatable bonds is 4. The molecule has 0 atom stereocenters. The van der Waals surface area contributed by atoms with E-state index in [0.29, 0.717) is 23.6 Å². The summed E-state index contributed by atoms with van der Waals surface area (Å²) in [6, 6.07) is 0. The van der Waals surface area contributed by atoms with E-state index in [9.17, 15) is 9.90 Å². The van der Waals surface area contributed by atoms with Crippen LogP contribution in [-0.4, -0.2) is 33.9 Å². The van der Waals surface area contributed by atoms with Crippen molar-refractivity contribution in [2.24, 2.45) is 12.5 Å². The Balaban J connectivity index is 2.05. The average Bonchev–Trinajstić information content (AvgIpc) is 2.94. The maximum absolute atomic E-state index is 12.2. The van der Waals surface area contributed by atoms with Crippen LogP contribution in [0.2, 0.25) is 0 Å². The third-order valence-electron chi connectivity index (χ3n) is 4.11. The molecule has 0 spiro atoms. The summed E-state index contributed by atoms with van der Waals surface area (Å²) in [5, 5.41) is 16.5. The molecule has 1 aromatic rings. The van der Waals surface area contributed by atoms with E-state index in [2.05, 4.69) is 10.4 Å². The lowest BCUT2D eigenvalue weighted by molar-refractivity contribution is 0.0873. The van der Waals surface area contributed by atoms with Crippen LogP contribution in [0, 0.1) is 12.3 Å². The molecule has 6 nitrogen and oxygen atoms in total. The monoisotopic (exact) mass is 266 g/mol. The first kappa shape index (κ1) is 13.9. The molecule has 1 heterocycles. The van der Waals surface area contributed by atoms with Crippen molar-refractivity contribution in [3.63, 3.8) is 0 Å². The van der Waals surface area contributed by atoms with Crippen molar-refractivity contribution in [1.29, 1.82) is 0 Å². The summed E-state index contributed by atoms with van der Waals surface area (Å²) in [6.07, 6.45) is 4.15. The predicted molar refractivity (Wildman–Crippen MR) is 72.7 cm³/mol. The number of nitrogens with one attached hydrogen (secondary N) is 1. The molecule has 2 rings (SSSR count). The van der Waals surface area contributed by atoms with E-state index >= 15 is 0 Å². The van der Waals surface area contributed by atoms with Gasteiger partial charge in [-0.2, -0.15) is 5.10 Å². The summed E-state index contributed by atoms with van der Waals surface area (Å²) in [7, 11) is 1.70. The number of anilines is 1. The van der Waals surface area contributed by atoms with Gasteiger partial charge in [0.2, 0.25) is 0 Å². The van der Waals surface area contributed by atoms with Gasteiger partial charge in [0, 0.05) is 19.0 Å². The number of aromatic nitrogens is 2. The molecule has 19 heavy (non-hydrogen) atoms. The first-order valence-corrected chi connectivity index (χ1v) is 6.67. The molecule has 1 saturated carbocycles. The van der Waals surface area contributed by atoms with Crippen LogP contribution < -0.4 is 11.1 Å². The van der Waals surface area contributed by atoms with Crippen LogP contribution in [-0.2, 0) is 7.05 Å². The second-order valence-corrected chi connectivity index (χ2v) is 5.52. The zero-order valence-corrected chi connectivity index (χ0v) is 11.6. The number of aliphatic hydroxyl groups excluding tert-OH is 1. The normalized spacial score (nSPS) is 17.6. The number of carbonyl (C=O) groups is 1. The smallest absolute Gasteiger partial charge is 0.271 e. The minimum absolute atomic E-state index is 0.118. The summed E-state index contributed by atoms with van der Waals surface area (Å²) in [4.78, 5) is 12.2. The lowest BCUT2D eigenvalue weighted by Gasteiger charge is -2.26. The summed E-state index contributed by atoms with van der Waals surface area (Å²) in [6.45, 7) is 2.39. The molecular weight excluding hydrogens is 244 g/mol. The average molecular weight is 266 g/mol. The molecule has 1 fully saturated rings. The van der Waals surface area contributed by atoms with E-state index in [-0.39, 0.29) is 17.9 Å². The van der Waals surface area contributed by atoms with Crippen molar-refractivity contribution in [2.75, 3.05) is 18.9 Å². The molecule has 0 unspecified atom stereocenters. The fraction of sp³-hybridized carbons (Fsp3) is 0.692. The summed E-state index contributed by atoms with van der Waals surface area (Å²) in [5.74, 6) is -0.222. The van der Waals surface area contributed by atoms with Gasteiger partial charge < -0.3 is 16.2 Å². The molecule has 6 heteroatoms. The Morgan fingerprint density at radius 3 is 2.63 bits per heavy atom. The van der Waals surface area contributed by atoms with Crippen molar-refractivity contribution in [3.8, 4) is 0 Å². The van der Waals surface area contributed by atoms with Gasteiger partial charge in [0.1, 0.15) is 5.69 Å². The first-order chi connectivity index (χ1) is 8.99. The fourth-order valence-electron chi connectivity index (χ4n) is 2.81. The highest BCUT2D eigenvalue weighted by Crippen LogP contribution is 2.36. The van der Waals surface area contributed by atoms with Gasteiger partial charge in [0.15, 0.2) is 0 Å². The molecule has 0 aromatic carbocycles. The molecule has 4 N–H and O–H groups in total. The van der Waals surface area contributed by atoms with E-state index in [0.717, 1.165) is 25.7 Å². The van der Waals surface area contributed by atoms with Crippen molar-refractivity contribution < 1.29 is 9.90 Å². The zero-order chi connectivity index (χ0) is 14.0. The van der Waals surface area contributed by atoms with E-state index in [1.807, 2.05) is 0 Å². The molecule has 1 amide bonds. The lowest BCUT2D eigenvalue weighted by Crippen LogP contribution is -2.39. The lowest BCUT2D eigenvalue weighted by atomic mass is 9.87. The van der Waals surface area contributed by atoms with Gasteiger partial charge in [-0.3, -0.25) is 9.48 Å². The number of hydrogen-bond acceptors (Lipinski definition) is 4. The molecular formula is C13H22N4O2. The molecule has 1 aromatic heterocycles. The highest BCUT2D eigenvalue weighted by Gasteiger charge is 2.34. The van der Waals surface area contributed by atoms with Gasteiger partial charge in [0.25, 0.3) is 5.91 Å². The summed E-state index contributed by atoms with van der Waals surface area (Å²) in [5.41, 5.74) is 7.18. The number of nitrogen functional groups attached to an aromatic ring is 1. The number of aryl methyl sites for hydroxylation is 2. The quantitative estimate of drug-likeness (QED) is 0.743. The predicted octanol–water partition coefficient (Wildman–Crippen LogP) is 0.593. The summed E-state index contributed by atoms with van der Waals surface area (Å²) < 4.78 is 1.50. The number of nitrogens with zero attached hydrogens (tertiary/aromatic N) is 2. The minimum atomic E-state index is -0.222. The van der Waals surface area contributed by atoms with E-state index in [1.165, 1.54) is 4.68 Å². The molecule has 0 bridgehead atoms. The highest BCUT2D eigenvalue weighted by molar-refractivity contribution is 5.97. The van der Waals surface area contributed by atoms with Gasteiger partial charge in [0.05, 0.1) is 18.0 Å². The molecule has 0 radical (unpaired) electrons. The van der Waals surface area contributed by atoms with E-state index in [4.69, 9.17) is 5.73 Å². The van der Waals surface area contributed by atoms with Crippen LogP contribution in [0.15, 0.2) is 0 Å². The van der Waals surface area contributed by atoms with E-state index in [1.54, 1.807) is 14.0 Å². The van der Waals surface area contributed by atoms with Gasteiger partial charge in [-0.05, 0) is 19.8 Å². The SMILES string of the molecule is Cc1nn(C)c(C(=O)NCC2(CO)CCCC2)c1N. The number of amides is 1. The Kier molecular flexibility index (Phi) is 3.80. The topological polar surface area (TPSA) is 93.2 Å². The Morgan fingerprint density at radius 1 is 1.53 bits per heavy atom. The van der Waals surface area contributed by atoms with Crippen molar-refractivity contribution in [3.05, 3.63) is 11.4 Å². The second kappa shape index (κ2) is 5.21. The zero-order valence-electron chi connectivity index (χ0n) is 11.6. The first-order valence-electron chi connectivity index (χ1n) is 6.67. The Bertz CT molecular complexity index is 475. The van der Waals surface area contributed by atoms with Gasteiger partial charge in [-0.1, -0.05) is 12.8 Å². The number of hydrogen-bond donors (Lipinski definition) is 3. The molecule has 106 valence electrons. The van der Waals surface area contributed by atoms with Crippen LogP contribution in [0.5, 0.6) is 0 Å².